The zero-order chi connectivity index (χ0) is 22.8. The van der Waals surface area contributed by atoms with Crippen molar-refractivity contribution in [2.75, 3.05) is 0 Å². The number of unbranched alkanes of at least 4 members (excludes halogenated alkanes) is 5. The van der Waals surface area contributed by atoms with Crippen LogP contribution in [0.2, 0.25) is 13.1 Å². The number of hydrogen-bond donors (Lipinski definition) is 0. The summed E-state index contributed by atoms with van der Waals surface area (Å²) in [6.45, 7) is 9.44. The average molecular weight is 444 g/mol. The van der Waals surface area contributed by atoms with Crippen molar-refractivity contribution in [2.45, 2.75) is 91.1 Å². The van der Waals surface area contributed by atoms with Gasteiger partial charge in [-0.3, -0.25) is 0 Å². The van der Waals surface area contributed by atoms with Crippen molar-refractivity contribution in [3.63, 3.8) is 0 Å². The number of fused-ring (bicyclic) bond motifs is 1. The van der Waals surface area contributed by atoms with Crippen LogP contribution in [0.1, 0.15) is 77.2 Å². The van der Waals surface area contributed by atoms with E-state index in [4.69, 9.17) is 0 Å². The molecule has 0 nitrogen and oxygen atoms in total. The number of hydrogen-bond acceptors (Lipinski definition) is 0. The molecule has 3 aromatic carbocycles. The Morgan fingerprint density at radius 1 is 0.719 bits per heavy atom. The van der Waals surface area contributed by atoms with Gasteiger partial charge in [-0.25, -0.2) is 0 Å². The van der Waals surface area contributed by atoms with E-state index in [1.165, 1.54) is 96.9 Å². The van der Waals surface area contributed by atoms with Crippen molar-refractivity contribution in [2.24, 2.45) is 5.92 Å². The first-order chi connectivity index (χ1) is 15.6. The van der Waals surface area contributed by atoms with E-state index in [-0.39, 0.29) is 0 Å². The minimum absolute atomic E-state index is 0.479. The second-order valence-electron chi connectivity index (χ2n) is 9.81. The maximum absolute atomic E-state index is 2.43. The molecule has 0 saturated heterocycles. The smallest absolute Gasteiger partial charge is 0.0671 e. The standard InChI is InChI=1S/C31H43Si/c1-5-7-8-9-10-11-14-25(6-2)17-18-26-19-20-28-24-29(22-21-27(28)23-26)30-15-12-13-16-31(30)32(3)4/h12-13,15-16,19-25H,5-11,14,17-18H2,1-4H3. The summed E-state index contributed by atoms with van der Waals surface area (Å²) in [5, 5.41) is 4.27. The zero-order valence-electron chi connectivity index (χ0n) is 20.9. The normalized spacial score (nSPS) is 12.5. The summed E-state index contributed by atoms with van der Waals surface area (Å²) in [5.41, 5.74) is 4.27. The fourth-order valence-corrected chi connectivity index (χ4v) is 6.12. The van der Waals surface area contributed by atoms with Crippen LogP contribution in [-0.2, 0) is 6.42 Å². The summed E-state index contributed by atoms with van der Waals surface area (Å²) >= 11 is 0. The van der Waals surface area contributed by atoms with Crippen molar-refractivity contribution >= 4 is 24.8 Å². The van der Waals surface area contributed by atoms with Gasteiger partial charge in [0.1, 0.15) is 0 Å². The van der Waals surface area contributed by atoms with Gasteiger partial charge in [-0.2, -0.15) is 0 Å². The highest BCUT2D eigenvalue weighted by Gasteiger charge is 2.10. The van der Waals surface area contributed by atoms with Crippen LogP contribution in [0.3, 0.4) is 0 Å². The average Bonchev–Trinajstić information content (AvgIpc) is 2.82. The van der Waals surface area contributed by atoms with Crippen LogP contribution in [0.4, 0.5) is 0 Å². The van der Waals surface area contributed by atoms with Crippen molar-refractivity contribution < 1.29 is 0 Å². The van der Waals surface area contributed by atoms with Crippen LogP contribution < -0.4 is 5.19 Å². The number of rotatable bonds is 13. The summed E-state index contributed by atoms with van der Waals surface area (Å²) in [6.07, 6.45) is 13.7. The molecule has 32 heavy (non-hydrogen) atoms. The Morgan fingerprint density at radius 2 is 1.44 bits per heavy atom. The van der Waals surface area contributed by atoms with E-state index < -0.39 is 8.80 Å². The van der Waals surface area contributed by atoms with Crippen LogP contribution in [0.5, 0.6) is 0 Å². The van der Waals surface area contributed by atoms with E-state index in [1.54, 1.807) is 0 Å². The molecule has 0 aromatic heterocycles. The van der Waals surface area contributed by atoms with Gasteiger partial charge in [0.15, 0.2) is 0 Å². The van der Waals surface area contributed by atoms with E-state index in [2.05, 4.69) is 87.6 Å². The lowest BCUT2D eigenvalue weighted by molar-refractivity contribution is 0.412. The fourth-order valence-electron chi connectivity index (χ4n) is 4.93. The summed E-state index contributed by atoms with van der Waals surface area (Å²) in [5.74, 6) is 0.884. The topological polar surface area (TPSA) is 0 Å². The molecule has 0 aliphatic heterocycles. The van der Waals surface area contributed by atoms with Gasteiger partial charge >= 0.3 is 0 Å². The largest absolute Gasteiger partial charge is 0.0799 e. The van der Waals surface area contributed by atoms with Gasteiger partial charge in [0, 0.05) is 0 Å². The SMILES string of the molecule is CCCCCCCCC(CC)CCc1ccc2cc(-c3ccccc3[Si](C)C)ccc2c1. The first-order valence-electron chi connectivity index (χ1n) is 13.0. The molecular weight excluding hydrogens is 400 g/mol. The van der Waals surface area contributed by atoms with E-state index in [9.17, 15) is 0 Å². The molecule has 1 atom stereocenters. The van der Waals surface area contributed by atoms with Crippen LogP contribution in [-0.4, -0.2) is 8.80 Å². The van der Waals surface area contributed by atoms with E-state index in [1.807, 2.05) is 0 Å². The Balaban J connectivity index is 1.61. The molecule has 0 aliphatic carbocycles. The summed E-state index contributed by atoms with van der Waals surface area (Å²) in [6, 6.07) is 23.1. The summed E-state index contributed by atoms with van der Waals surface area (Å²) < 4.78 is 0. The second kappa shape index (κ2) is 13.0. The quantitative estimate of drug-likeness (QED) is 0.182. The van der Waals surface area contributed by atoms with Gasteiger partial charge in [-0.05, 0) is 52.3 Å². The molecule has 0 fully saturated rings. The highest BCUT2D eigenvalue weighted by molar-refractivity contribution is 6.72. The predicted molar refractivity (Wildman–Crippen MR) is 147 cm³/mol. The molecule has 0 spiro atoms. The highest BCUT2D eigenvalue weighted by Crippen LogP contribution is 2.26. The molecule has 0 aliphatic rings. The molecule has 0 heterocycles. The highest BCUT2D eigenvalue weighted by atomic mass is 28.3. The van der Waals surface area contributed by atoms with Crippen LogP contribution in [0, 0.1) is 5.92 Å². The first kappa shape index (κ1) is 24.8. The molecule has 1 unspecified atom stereocenters. The van der Waals surface area contributed by atoms with Crippen LogP contribution in [0.25, 0.3) is 21.9 Å². The minimum atomic E-state index is -0.479. The Bertz CT molecular complexity index is 956. The Hall–Kier alpha value is -1.86. The van der Waals surface area contributed by atoms with Gasteiger partial charge in [0.25, 0.3) is 0 Å². The van der Waals surface area contributed by atoms with Gasteiger partial charge < -0.3 is 0 Å². The molecule has 3 rings (SSSR count). The lowest BCUT2D eigenvalue weighted by Crippen LogP contribution is -2.24. The minimum Gasteiger partial charge on any atom is -0.0671 e. The Kier molecular flexibility index (Phi) is 10.1. The van der Waals surface area contributed by atoms with Crippen LogP contribution in [0.15, 0.2) is 60.7 Å². The van der Waals surface area contributed by atoms with Crippen molar-refractivity contribution in [3.05, 3.63) is 66.2 Å². The van der Waals surface area contributed by atoms with Gasteiger partial charge in [-0.1, -0.05) is 138 Å². The van der Waals surface area contributed by atoms with Gasteiger partial charge in [-0.15, -0.1) is 0 Å². The van der Waals surface area contributed by atoms with Crippen molar-refractivity contribution in [1.82, 2.24) is 0 Å². The van der Waals surface area contributed by atoms with Crippen molar-refractivity contribution in [1.29, 1.82) is 0 Å². The molecule has 171 valence electrons. The Labute approximate surface area is 199 Å². The monoisotopic (exact) mass is 443 g/mol. The predicted octanol–water partition coefficient (Wildman–Crippen LogP) is 9.18. The molecule has 0 N–H and O–H groups in total. The molecule has 0 saturated carbocycles. The van der Waals surface area contributed by atoms with Gasteiger partial charge in [0.05, 0.1) is 8.80 Å². The van der Waals surface area contributed by atoms with Crippen LogP contribution >= 0.6 is 0 Å². The first-order valence-corrected chi connectivity index (χ1v) is 15.5. The summed E-state index contributed by atoms with van der Waals surface area (Å²) in [7, 11) is -0.479. The van der Waals surface area contributed by atoms with E-state index in [0.717, 1.165) is 5.92 Å². The lowest BCUT2D eigenvalue weighted by atomic mass is 9.91. The zero-order valence-corrected chi connectivity index (χ0v) is 21.9. The Morgan fingerprint density at radius 3 is 2.22 bits per heavy atom. The maximum Gasteiger partial charge on any atom is 0.0799 e. The third-order valence-electron chi connectivity index (χ3n) is 7.07. The third kappa shape index (κ3) is 7.07. The molecular formula is C31H43Si. The summed E-state index contributed by atoms with van der Waals surface area (Å²) in [4.78, 5) is 0. The number of aryl methyl sites for hydroxylation is 1. The molecule has 1 radical (unpaired) electrons. The molecule has 3 aromatic rings. The maximum atomic E-state index is 2.43. The lowest BCUT2D eigenvalue weighted by Gasteiger charge is -2.15. The fraction of sp³-hybridized carbons (Fsp3) is 0.484. The molecule has 0 bridgehead atoms. The van der Waals surface area contributed by atoms with E-state index >= 15 is 0 Å². The van der Waals surface area contributed by atoms with Gasteiger partial charge in [0.2, 0.25) is 0 Å². The second-order valence-corrected chi connectivity index (χ2v) is 12.3. The van der Waals surface area contributed by atoms with Crippen molar-refractivity contribution in [3.8, 4) is 11.1 Å². The van der Waals surface area contributed by atoms with E-state index in [0.29, 0.717) is 0 Å². The molecule has 0 amide bonds. The number of benzene rings is 3. The molecule has 1 heteroatoms. The third-order valence-corrected chi connectivity index (χ3v) is 8.58.